The highest BCUT2D eigenvalue weighted by Gasteiger charge is 2.40. The summed E-state index contributed by atoms with van der Waals surface area (Å²) in [5.74, 6) is 2.45. The molecule has 0 spiro atoms. The highest BCUT2D eigenvalue weighted by atomic mass is 32.2. The van der Waals surface area contributed by atoms with Gasteiger partial charge in [0.25, 0.3) is 0 Å². The summed E-state index contributed by atoms with van der Waals surface area (Å²) < 4.78 is 5.23. The van der Waals surface area contributed by atoms with E-state index in [1.54, 1.807) is 35.7 Å². The minimum atomic E-state index is -0.321. The number of carbonyl (C=O) groups is 2. The fraction of sp³-hybridized carbons (Fsp3) is 0.556. The molecule has 6 heteroatoms. The summed E-state index contributed by atoms with van der Waals surface area (Å²) in [7, 11) is 3.43. The molecule has 1 saturated heterocycles. The Hall–Kier alpha value is -1.69. The van der Waals surface area contributed by atoms with Crippen molar-refractivity contribution < 1.29 is 14.3 Å². The zero-order valence-corrected chi connectivity index (χ0v) is 15.1. The number of amides is 2. The van der Waals surface area contributed by atoms with Gasteiger partial charge < -0.3 is 14.5 Å². The highest BCUT2D eigenvalue weighted by Crippen LogP contribution is 2.32. The third kappa shape index (κ3) is 3.53. The summed E-state index contributed by atoms with van der Waals surface area (Å²) >= 11 is 1.67. The largest absolute Gasteiger partial charge is 0.497 e. The maximum absolute atomic E-state index is 12.8. The van der Waals surface area contributed by atoms with Gasteiger partial charge in [0.2, 0.25) is 11.8 Å². The van der Waals surface area contributed by atoms with Gasteiger partial charge in [-0.1, -0.05) is 18.6 Å². The first-order valence-corrected chi connectivity index (χ1v) is 9.51. The van der Waals surface area contributed by atoms with Crippen LogP contribution in [-0.4, -0.2) is 53.4 Å². The van der Waals surface area contributed by atoms with E-state index < -0.39 is 0 Å². The van der Waals surface area contributed by atoms with Crippen LogP contribution in [0.15, 0.2) is 24.3 Å². The number of likely N-dealkylation sites (N-methyl/N-ethyl adjacent to an activating group) is 1. The van der Waals surface area contributed by atoms with Gasteiger partial charge in [-0.25, -0.2) is 0 Å². The maximum atomic E-state index is 12.8. The molecular weight excluding hydrogens is 324 g/mol. The van der Waals surface area contributed by atoms with Crippen molar-refractivity contribution in [2.75, 3.05) is 25.8 Å². The Balaban J connectivity index is 1.64. The Bertz CT molecular complexity index is 618. The van der Waals surface area contributed by atoms with Crippen LogP contribution in [0.5, 0.6) is 5.75 Å². The predicted octanol–water partition coefficient (Wildman–Crippen LogP) is 2.36. The van der Waals surface area contributed by atoms with Crippen molar-refractivity contribution in [3.63, 3.8) is 0 Å². The summed E-state index contributed by atoms with van der Waals surface area (Å²) in [6, 6.07) is 7.40. The van der Waals surface area contributed by atoms with Crippen LogP contribution in [0.1, 0.15) is 24.8 Å². The molecular formula is C18H24N2O3S. The van der Waals surface area contributed by atoms with E-state index in [0.717, 1.165) is 30.6 Å². The standard InChI is InChI=1S/C18H24N2O3S/c1-19(10-13-5-3-8-15(9-13)23-2)18(22)16-11-24-12-20(16)17(21)14-6-4-7-14/h3,5,8-9,14,16H,4,6-7,10-12H2,1-2H3/t16-/m0/s1. The third-order valence-electron chi connectivity index (χ3n) is 4.83. The first kappa shape index (κ1) is 17.1. The number of hydrogen-bond donors (Lipinski definition) is 0. The van der Waals surface area contributed by atoms with Crippen molar-refractivity contribution in [2.24, 2.45) is 5.92 Å². The zero-order valence-electron chi connectivity index (χ0n) is 14.2. The van der Waals surface area contributed by atoms with E-state index in [1.165, 1.54) is 0 Å². The summed E-state index contributed by atoms with van der Waals surface area (Å²) in [4.78, 5) is 28.9. The summed E-state index contributed by atoms with van der Waals surface area (Å²) in [6.45, 7) is 0.517. The third-order valence-corrected chi connectivity index (χ3v) is 5.85. The summed E-state index contributed by atoms with van der Waals surface area (Å²) in [6.07, 6.45) is 3.08. The highest BCUT2D eigenvalue weighted by molar-refractivity contribution is 7.99. The van der Waals surface area contributed by atoms with Crippen LogP contribution in [0.3, 0.4) is 0 Å². The van der Waals surface area contributed by atoms with Gasteiger partial charge in [-0.15, -0.1) is 11.8 Å². The Labute approximate surface area is 147 Å². The number of rotatable bonds is 5. The van der Waals surface area contributed by atoms with E-state index in [9.17, 15) is 9.59 Å². The Kier molecular flexibility index (Phi) is 5.33. The van der Waals surface area contributed by atoms with Gasteiger partial charge >= 0.3 is 0 Å². The molecule has 0 bridgehead atoms. The van der Waals surface area contributed by atoms with Crippen LogP contribution in [-0.2, 0) is 16.1 Å². The molecule has 1 aliphatic carbocycles. The number of ether oxygens (including phenoxy) is 1. The second-order valence-electron chi connectivity index (χ2n) is 6.50. The maximum Gasteiger partial charge on any atom is 0.246 e. The van der Waals surface area contributed by atoms with Crippen molar-refractivity contribution >= 4 is 23.6 Å². The molecule has 2 fully saturated rings. The van der Waals surface area contributed by atoms with Gasteiger partial charge in [-0.3, -0.25) is 9.59 Å². The first-order valence-electron chi connectivity index (χ1n) is 8.36. The Morgan fingerprint density at radius 3 is 2.83 bits per heavy atom. The Morgan fingerprint density at radius 1 is 1.38 bits per heavy atom. The number of nitrogens with zero attached hydrogens (tertiary/aromatic N) is 2. The van der Waals surface area contributed by atoms with Crippen LogP contribution in [0.4, 0.5) is 0 Å². The van der Waals surface area contributed by atoms with E-state index in [1.807, 2.05) is 24.3 Å². The molecule has 0 unspecified atom stereocenters. The van der Waals surface area contributed by atoms with Gasteiger partial charge in [0.15, 0.2) is 0 Å². The number of thioether (sulfide) groups is 1. The topological polar surface area (TPSA) is 49.9 Å². The van der Waals surface area contributed by atoms with Gasteiger partial charge in [-0.2, -0.15) is 0 Å². The molecule has 1 heterocycles. The lowest BCUT2D eigenvalue weighted by molar-refractivity contribution is -0.146. The van der Waals surface area contributed by atoms with Gasteiger partial charge in [-0.05, 0) is 30.5 Å². The second kappa shape index (κ2) is 7.47. The van der Waals surface area contributed by atoms with E-state index in [2.05, 4.69) is 0 Å². The summed E-state index contributed by atoms with van der Waals surface area (Å²) in [5, 5.41) is 0. The molecule has 1 aromatic carbocycles. The molecule has 1 saturated carbocycles. The average Bonchev–Trinajstić information content (AvgIpc) is 3.02. The molecule has 0 N–H and O–H groups in total. The van der Waals surface area contributed by atoms with Gasteiger partial charge in [0, 0.05) is 25.3 Å². The van der Waals surface area contributed by atoms with Crippen molar-refractivity contribution in [1.29, 1.82) is 0 Å². The smallest absolute Gasteiger partial charge is 0.246 e. The SMILES string of the molecule is COc1cccc(CN(C)C(=O)[C@@H]2CSCN2C(=O)C2CCC2)c1. The lowest BCUT2D eigenvalue weighted by Gasteiger charge is -2.33. The predicted molar refractivity (Wildman–Crippen MR) is 94.8 cm³/mol. The van der Waals surface area contributed by atoms with Crippen LogP contribution in [0, 0.1) is 5.92 Å². The molecule has 1 atom stereocenters. The monoisotopic (exact) mass is 348 g/mol. The van der Waals surface area contributed by atoms with Gasteiger partial charge in [0.1, 0.15) is 11.8 Å². The number of benzene rings is 1. The number of hydrogen-bond acceptors (Lipinski definition) is 4. The van der Waals surface area contributed by atoms with Crippen LogP contribution in [0.2, 0.25) is 0 Å². The number of methoxy groups -OCH3 is 1. The zero-order chi connectivity index (χ0) is 17.1. The van der Waals surface area contributed by atoms with E-state index in [0.29, 0.717) is 18.2 Å². The molecule has 0 radical (unpaired) electrons. The van der Waals surface area contributed by atoms with Crippen molar-refractivity contribution in [3.8, 4) is 5.75 Å². The molecule has 2 amide bonds. The average molecular weight is 348 g/mol. The molecule has 24 heavy (non-hydrogen) atoms. The van der Waals surface area contributed by atoms with Crippen LogP contribution >= 0.6 is 11.8 Å². The van der Waals surface area contributed by atoms with Gasteiger partial charge in [0.05, 0.1) is 13.0 Å². The van der Waals surface area contributed by atoms with Crippen molar-refractivity contribution in [2.45, 2.75) is 31.8 Å². The fourth-order valence-corrected chi connectivity index (χ4v) is 4.29. The van der Waals surface area contributed by atoms with E-state index >= 15 is 0 Å². The van der Waals surface area contributed by atoms with Crippen molar-refractivity contribution in [1.82, 2.24) is 9.80 Å². The van der Waals surface area contributed by atoms with Crippen LogP contribution < -0.4 is 4.74 Å². The molecule has 130 valence electrons. The molecule has 5 nitrogen and oxygen atoms in total. The first-order chi connectivity index (χ1) is 11.6. The minimum absolute atomic E-state index is 0.0236. The molecule has 2 aliphatic rings. The quantitative estimate of drug-likeness (QED) is 0.820. The Morgan fingerprint density at radius 2 is 2.17 bits per heavy atom. The molecule has 0 aromatic heterocycles. The summed E-state index contributed by atoms with van der Waals surface area (Å²) in [5.41, 5.74) is 1.02. The van der Waals surface area contributed by atoms with Crippen molar-refractivity contribution in [3.05, 3.63) is 29.8 Å². The molecule has 1 aromatic rings. The normalized spacial score (nSPS) is 20.6. The van der Waals surface area contributed by atoms with Crippen LogP contribution in [0.25, 0.3) is 0 Å². The molecule has 1 aliphatic heterocycles. The second-order valence-corrected chi connectivity index (χ2v) is 7.50. The van der Waals surface area contributed by atoms with E-state index in [4.69, 9.17) is 4.74 Å². The fourth-order valence-electron chi connectivity index (χ4n) is 3.13. The minimum Gasteiger partial charge on any atom is -0.497 e. The molecule has 3 rings (SSSR count). The number of carbonyl (C=O) groups excluding carboxylic acids is 2. The lowest BCUT2D eigenvalue weighted by atomic mass is 9.84. The lowest BCUT2D eigenvalue weighted by Crippen LogP contribution is -2.50. The van der Waals surface area contributed by atoms with E-state index in [-0.39, 0.29) is 23.8 Å².